The maximum atomic E-state index is 13.5. The molecule has 14 heteroatoms. The number of aliphatic hydroxyl groups excluding tert-OH is 2. The average Bonchev–Trinajstić information content (AvgIpc) is 3.53. The van der Waals surface area contributed by atoms with E-state index in [0.29, 0.717) is 5.56 Å². The van der Waals surface area contributed by atoms with Crippen molar-refractivity contribution in [1.82, 2.24) is 10.6 Å². The number of esters is 2. The van der Waals surface area contributed by atoms with Crippen molar-refractivity contribution in [2.75, 3.05) is 26.4 Å². The molecule has 0 spiro atoms. The lowest BCUT2D eigenvalue weighted by molar-refractivity contribution is -0.270. The minimum Gasteiger partial charge on any atom is -0.456 e. The van der Waals surface area contributed by atoms with Gasteiger partial charge in [0.05, 0.1) is 18.8 Å². The van der Waals surface area contributed by atoms with E-state index < -0.39 is 86.2 Å². The molecule has 3 unspecified atom stereocenters. The van der Waals surface area contributed by atoms with Gasteiger partial charge in [-0.25, -0.2) is 14.4 Å². The number of ketones is 1. The molecular formula is C41H40N2O12. The minimum atomic E-state index is -1.61. The third-order valence-electron chi connectivity index (χ3n) is 9.26. The van der Waals surface area contributed by atoms with Crippen LogP contribution in [0.25, 0.3) is 11.1 Å². The molecule has 6 atom stereocenters. The Morgan fingerprint density at radius 3 is 1.96 bits per heavy atom. The molecule has 4 N–H and O–H groups in total. The molecule has 1 aliphatic heterocycles. The van der Waals surface area contributed by atoms with Crippen LogP contribution < -0.4 is 10.6 Å². The second-order valence-electron chi connectivity index (χ2n) is 12.9. The van der Waals surface area contributed by atoms with Crippen LogP contribution in [0.5, 0.6) is 0 Å². The molecule has 55 heavy (non-hydrogen) atoms. The van der Waals surface area contributed by atoms with Gasteiger partial charge in [-0.1, -0.05) is 97.1 Å². The van der Waals surface area contributed by atoms with Crippen LogP contribution in [-0.2, 0) is 33.3 Å². The predicted molar refractivity (Wildman–Crippen MR) is 195 cm³/mol. The normalized spacial score (nSPS) is 20.6. The van der Waals surface area contributed by atoms with Crippen molar-refractivity contribution in [3.05, 3.63) is 131 Å². The SMILES string of the molecule is CC(=O)NC1C(OC(=O)c2ccccc2)[C@H](O)C(CO)O[C@@H]1OC[C@H](NC(=O)OCC1c2ccccc2-c2ccccc21)C(=O)OCC(=O)c1ccccc1. The number of nitrogens with one attached hydrogen (secondary N) is 2. The maximum Gasteiger partial charge on any atom is 0.407 e. The number of Topliss-reactive ketones (excluding diaryl/α,β-unsaturated/α-hetero) is 1. The summed E-state index contributed by atoms with van der Waals surface area (Å²) in [6.45, 7) is -0.957. The minimum absolute atomic E-state index is 0.0736. The number of hydrogen-bond acceptors (Lipinski definition) is 12. The highest BCUT2D eigenvalue weighted by Gasteiger charge is 2.49. The number of aliphatic hydroxyl groups is 2. The second kappa shape index (κ2) is 17.9. The number of amides is 2. The van der Waals surface area contributed by atoms with Crippen LogP contribution in [0.4, 0.5) is 4.79 Å². The third-order valence-corrected chi connectivity index (χ3v) is 9.26. The maximum absolute atomic E-state index is 13.5. The van der Waals surface area contributed by atoms with E-state index in [0.717, 1.165) is 22.3 Å². The Hall–Kier alpha value is -5.93. The van der Waals surface area contributed by atoms with Crippen molar-refractivity contribution in [2.45, 2.75) is 49.5 Å². The van der Waals surface area contributed by atoms with E-state index >= 15 is 0 Å². The first-order valence-corrected chi connectivity index (χ1v) is 17.6. The summed E-state index contributed by atoms with van der Waals surface area (Å²) in [6.07, 6.45) is -6.99. The fraction of sp³-hybridized carbons (Fsp3) is 0.293. The Bertz CT molecular complexity index is 1950. The van der Waals surface area contributed by atoms with Gasteiger partial charge in [-0.3, -0.25) is 9.59 Å². The average molecular weight is 753 g/mol. The van der Waals surface area contributed by atoms with Crippen molar-refractivity contribution in [3.8, 4) is 11.1 Å². The van der Waals surface area contributed by atoms with Crippen molar-refractivity contribution in [3.63, 3.8) is 0 Å². The molecule has 0 radical (unpaired) electrons. The molecule has 14 nitrogen and oxygen atoms in total. The van der Waals surface area contributed by atoms with E-state index in [4.69, 9.17) is 23.7 Å². The van der Waals surface area contributed by atoms with Crippen molar-refractivity contribution < 1.29 is 57.9 Å². The highest BCUT2D eigenvalue weighted by molar-refractivity contribution is 5.98. The number of hydrogen-bond donors (Lipinski definition) is 4. The van der Waals surface area contributed by atoms with Crippen LogP contribution in [0.15, 0.2) is 109 Å². The number of carbonyl (C=O) groups excluding carboxylic acids is 5. The number of fused-ring (bicyclic) bond motifs is 3. The molecule has 2 amide bonds. The van der Waals surface area contributed by atoms with Gasteiger partial charge in [-0.2, -0.15) is 0 Å². The lowest BCUT2D eigenvalue weighted by Crippen LogP contribution is -2.66. The fourth-order valence-corrected chi connectivity index (χ4v) is 6.59. The standard InChI is InChI=1S/C41H40N2O12/c1-24(45)42-35-37(55-38(48)26-14-6-3-7-15-26)36(47)34(20-44)54-40(35)52-22-32(39(49)51-23-33(46)25-12-4-2-5-13-25)43-41(50)53-21-31-29-18-10-8-16-27(29)28-17-9-11-19-30(28)31/h2-19,31-32,34-37,40,44,47H,20-23H2,1H3,(H,42,45)(H,43,50)/t32-,34?,35?,36+,37?,40-/m0/s1. The molecule has 0 aromatic heterocycles. The van der Waals surface area contributed by atoms with Crippen LogP contribution in [0.1, 0.15) is 44.7 Å². The number of ether oxygens (including phenoxy) is 5. The Kier molecular flexibility index (Phi) is 12.6. The first-order valence-electron chi connectivity index (χ1n) is 17.6. The van der Waals surface area contributed by atoms with E-state index in [9.17, 15) is 34.2 Å². The van der Waals surface area contributed by atoms with Gasteiger partial charge in [-0.15, -0.1) is 0 Å². The summed E-state index contributed by atoms with van der Waals surface area (Å²) in [6, 6.07) is 28.6. The van der Waals surface area contributed by atoms with Gasteiger partial charge in [0.25, 0.3) is 0 Å². The van der Waals surface area contributed by atoms with E-state index in [1.54, 1.807) is 48.5 Å². The molecule has 4 aromatic carbocycles. The monoisotopic (exact) mass is 752 g/mol. The molecule has 2 aliphatic rings. The van der Waals surface area contributed by atoms with Crippen molar-refractivity contribution in [2.24, 2.45) is 0 Å². The Morgan fingerprint density at radius 1 is 0.782 bits per heavy atom. The summed E-state index contributed by atoms with van der Waals surface area (Å²) in [5, 5.41) is 26.1. The molecule has 0 saturated carbocycles. The fourth-order valence-electron chi connectivity index (χ4n) is 6.59. The molecular weight excluding hydrogens is 712 g/mol. The van der Waals surface area contributed by atoms with Crippen molar-refractivity contribution in [1.29, 1.82) is 0 Å². The number of rotatable bonds is 14. The summed E-state index contributed by atoms with van der Waals surface area (Å²) < 4.78 is 28.3. The predicted octanol–water partition coefficient (Wildman–Crippen LogP) is 3.14. The highest BCUT2D eigenvalue weighted by Crippen LogP contribution is 2.44. The Labute approximate surface area is 316 Å². The topological polar surface area (TPSA) is 196 Å². The quantitative estimate of drug-likeness (QED) is 0.0836. The molecule has 0 bridgehead atoms. The zero-order chi connectivity index (χ0) is 38.9. The molecule has 1 fully saturated rings. The van der Waals surface area contributed by atoms with Gasteiger partial charge in [0.15, 0.2) is 30.8 Å². The summed E-state index contributed by atoms with van der Waals surface area (Å²) in [5.74, 6) is -3.28. The molecule has 4 aromatic rings. The van der Waals surface area contributed by atoms with E-state index in [1.807, 2.05) is 48.5 Å². The lowest BCUT2D eigenvalue weighted by Gasteiger charge is -2.43. The molecule has 1 saturated heterocycles. The van der Waals surface area contributed by atoms with E-state index in [-0.39, 0.29) is 18.1 Å². The van der Waals surface area contributed by atoms with Gasteiger partial charge >= 0.3 is 18.0 Å². The van der Waals surface area contributed by atoms with Crippen LogP contribution in [0, 0.1) is 0 Å². The van der Waals surface area contributed by atoms with Crippen LogP contribution in [0.3, 0.4) is 0 Å². The first kappa shape index (κ1) is 38.8. The first-order chi connectivity index (χ1) is 26.6. The number of alkyl carbamates (subject to hydrolysis) is 1. The van der Waals surface area contributed by atoms with Gasteiger partial charge < -0.3 is 44.5 Å². The smallest absolute Gasteiger partial charge is 0.407 e. The number of carbonyl (C=O) groups is 5. The van der Waals surface area contributed by atoms with Gasteiger partial charge in [-0.05, 0) is 34.4 Å². The summed E-state index contributed by atoms with van der Waals surface area (Å²) in [7, 11) is 0. The van der Waals surface area contributed by atoms with Gasteiger partial charge in [0, 0.05) is 18.4 Å². The molecule has 6 rings (SSSR count). The highest BCUT2D eigenvalue weighted by atomic mass is 16.7. The molecule has 286 valence electrons. The Morgan fingerprint density at radius 2 is 1.36 bits per heavy atom. The lowest BCUT2D eigenvalue weighted by atomic mass is 9.96. The largest absolute Gasteiger partial charge is 0.456 e. The molecule has 1 aliphatic carbocycles. The van der Waals surface area contributed by atoms with E-state index in [1.165, 1.54) is 19.1 Å². The van der Waals surface area contributed by atoms with Gasteiger partial charge in [0.2, 0.25) is 5.91 Å². The molecule has 1 heterocycles. The zero-order valence-electron chi connectivity index (χ0n) is 29.7. The number of benzene rings is 4. The zero-order valence-corrected chi connectivity index (χ0v) is 29.7. The summed E-state index contributed by atoms with van der Waals surface area (Å²) in [4.78, 5) is 65.0. The van der Waals surface area contributed by atoms with Crippen molar-refractivity contribution >= 4 is 29.7 Å². The summed E-state index contributed by atoms with van der Waals surface area (Å²) in [5.41, 5.74) is 4.43. The second-order valence-corrected chi connectivity index (χ2v) is 12.9. The van der Waals surface area contributed by atoms with Crippen LogP contribution in [-0.4, -0.2) is 103 Å². The van der Waals surface area contributed by atoms with Crippen LogP contribution in [0.2, 0.25) is 0 Å². The summed E-state index contributed by atoms with van der Waals surface area (Å²) >= 11 is 0. The van der Waals surface area contributed by atoms with Gasteiger partial charge in [0.1, 0.15) is 24.9 Å². The van der Waals surface area contributed by atoms with E-state index in [2.05, 4.69) is 10.6 Å². The third kappa shape index (κ3) is 9.24. The van der Waals surface area contributed by atoms with Crippen LogP contribution >= 0.6 is 0 Å². The Balaban J connectivity index is 1.19.